The molecule has 0 aromatic heterocycles. The van der Waals surface area contributed by atoms with Crippen LogP contribution in [0.15, 0.2) is 24.3 Å². The van der Waals surface area contributed by atoms with Crippen molar-refractivity contribution in [2.75, 3.05) is 36.1 Å². The van der Waals surface area contributed by atoms with Gasteiger partial charge in [0.15, 0.2) is 0 Å². The van der Waals surface area contributed by atoms with E-state index in [2.05, 4.69) is 0 Å². The van der Waals surface area contributed by atoms with Crippen LogP contribution < -0.4 is 9.80 Å². The lowest BCUT2D eigenvalue weighted by Crippen LogP contribution is -2.41. The van der Waals surface area contributed by atoms with E-state index in [1.54, 1.807) is 9.80 Å². The Morgan fingerprint density at radius 2 is 1.67 bits per heavy atom. The Morgan fingerprint density at radius 1 is 1.00 bits per heavy atom. The van der Waals surface area contributed by atoms with E-state index in [0.29, 0.717) is 19.7 Å². The third-order valence-corrected chi connectivity index (χ3v) is 4.24. The molecule has 6 heteroatoms. The summed E-state index contributed by atoms with van der Waals surface area (Å²) >= 11 is 0. The average molecular weight is 288 g/mol. The molecule has 2 saturated heterocycles. The van der Waals surface area contributed by atoms with Gasteiger partial charge in [-0.05, 0) is 37.1 Å². The number of benzene rings is 1. The molecule has 6 nitrogen and oxygen atoms in total. The highest BCUT2D eigenvalue weighted by Gasteiger charge is 2.54. The molecule has 110 valence electrons. The standard InChI is InChI=1S/C15H16N2O4/c18-13-9-20-8-7-16(13)11-1-3-12(4-2-11)17-10-15(5-6-15)21-14(17)19/h1-4H,5-10H2. The summed E-state index contributed by atoms with van der Waals surface area (Å²) in [6.45, 7) is 1.87. The molecule has 2 amide bonds. The fourth-order valence-electron chi connectivity index (χ4n) is 2.83. The van der Waals surface area contributed by atoms with Gasteiger partial charge in [0.2, 0.25) is 0 Å². The minimum atomic E-state index is -0.275. The van der Waals surface area contributed by atoms with Gasteiger partial charge in [-0.1, -0.05) is 0 Å². The lowest BCUT2D eigenvalue weighted by atomic mass is 10.2. The molecule has 1 aromatic rings. The number of anilines is 2. The highest BCUT2D eigenvalue weighted by molar-refractivity contribution is 5.95. The maximum Gasteiger partial charge on any atom is 0.415 e. The Balaban J connectivity index is 1.53. The molecule has 2 aliphatic heterocycles. The van der Waals surface area contributed by atoms with Crippen LogP contribution in [-0.4, -0.2) is 43.9 Å². The van der Waals surface area contributed by atoms with Gasteiger partial charge in [-0.3, -0.25) is 9.69 Å². The summed E-state index contributed by atoms with van der Waals surface area (Å²) < 4.78 is 10.5. The second kappa shape index (κ2) is 4.46. The zero-order valence-electron chi connectivity index (χ0n) is 11.6. The first kappa shape index (κ1) is 12.6. The zero-order chi connectivity index (χ0) is 14.4. The Bertz CT molecular complexity index is 594. The maximum absolute atomic E-state index is 11.9. The first-order valence-electron chi connectivity index (χ1n) is 7.16. The molecule has 0 bridgehead atoms. The van der Waals surface area contributed by atoms with Gasteiger partial charge in [-0.2, -0.15) is 0 Å². The highest BCUT2D eigenvalue weighted by atomic mass is 16.6. The predicted octanol–water partition coefficient (Wildman–Crippen LogP) is 1.54. The summed E-state index contributed by atoms with van der Waals surface area (Å²) in [5, 5.41) is 0. The van der Waals surface area contributed by atoms with Crippen LogP contribution in [0.5, 0.6) is 0 Å². The first-order valence-corrected chi connectivity index (χ1v) is 7.16. The number of morpholine rings is 1. The van der Waals surface area contributed by atoms with Gasteiger partial charge in [0.05, 0.1) is 13.2 Å². The summed E-state index contributed by atoms with van der Waals surface area (Å²) in [4.78, 5) is 27.1. The quantitative estimate of drug-likeness (QED) is 0.828. The molecule has 4 rings (SSSR count). The normalized spacial score (nSPS) is 23.6. The molecule has 0 N–H and O–H groups in total. The van der Waals surface area contributed by atoms with Crippen molar-refractivity contribution in [1.82, 2.24) is 0 Å². The van der Waals surface area contributed by atoms with Crippen molar-refractivity contribution in [3.63, 3.8) is 0 Å². The van der Waals surface area contributed by atoms with E-state index in [1.807, 2.05) is 24.3 Å². The molecule has 0 radical (unpaired) electrons. The maximum atomic E-state index is 11.9. The molecule has 1 aliphatic carbocycles. The smallest absolute Gasteiger partial charge is 0.415 e. The Labute approximate surface area is 122 Å². The summed E-state index contributed by atoms with van der Waals surface area (Å²) in [7, 11) is 0. The Morgan fingerprint density at radius 3 is 2.24 bits per heavy atom. The summed E-state index contributed by atoms with van der Waals surface area (Å²) in [5.41, 5.74) is 1.42. The van der Waals surface area contributed by atoms with Crippen LogP contribution in [0.2, 0.25) is 0 Å². The van der Waals surface area contributed by atoms with Crippen molar-refractivity contribution in [3.05, 3.63) is 24.3 Å². The van der Waals surface area contributed by atoms with Crippen LogP contribution in [0.4, 0.5) is 16.2 Å². The number of carbonyl (C=O) groups excluding carboxylic acids is 2. The first-order chi connectivity index (χ1) is 10.2. The Hall–Kier alpha value is -2.08. The molecule has 21 heavy (non-hydrogen) atoms. The van der Waals surface area contributed by atoms with Crippen LogP contribution in [-0.2, 0) is 14.3 Å². The van der Waals surface area contributed by atoms with E-state index >= 15 is 0 Å². The van der Waals surface area contributed by atoms with Gasteiger partial charge in [0, 0.05) is 17.9 Å². The van der Waals surface area contributed by atoms with Gasteiger partial charge in [-0.15, -0.1) is 0 Å². The SMILES string of the molecule is O=C1COCCN1c1ccc(N2CC3(CC3)OC2=O)cc1. The molecule has 3 fully saturated rings. The number of carbonyl (C=O) groups is 2. The molecule has 1 spiro atoms. The van der Waals surface area contributed by atoms with E-state index in [4.69, 9.17) is 9.47 Å². The van der Waals surface area contributed by atoms with Crippen LogP contribution >= 0.6 is 0 Å². The van der Waals surface area contributed by atoms with Crippen molar-refractivity contribution in [2.24, 2.45) is 0 Å². The third-order valence-electron chi connectivity index (χ3n) is 4.24. The molecule has 0 unspecified atom stereocenters. The number of rotatable bonds is 2. The summed E-state index contributed by atoms with van der Waals surface area (Å²) in [6.07, 6.45) is 1.63. The fraction of sp³-hybridized carbons (Fsp3) is 0.467. The second-order valence-electron chi connectivity index (χ2n) is 5.75. The van der Waals surface area contributed by atoms with Crippen LogP contribution in [0.3, 0.4) is 0 Å². The monoisotopic (exact) mass is 288 g/mol. The lowest BCUT2D eigenvalue weighted by molar-refractivity contribution is -0.125. The van der Waals surface area contributed by atoms with Gasteiger partial charge in [-0.25, -0.2) is 4.79 Å². The van der Waals surface area contributed by atoms with Gasteiger partial charge in [0.25, 0.3) is 5.91 Å². The molecular weight excluding hydrogens is 272 g/mol. The number of ether oxygens (including phenoxy) is 2. The second-order valence-corrected chi connectivity index (χ2v) is 5.75. The molecular formula is C15H16N2O4. The number of hydrogen-bond donors (Lipinski definition) is 0. The minimum absolute atomic E-state index is 0.0356. The van der Waals surface area contributed by atoms with Crippen LogP contribution in [0.25, 0.3) is 0 Å². The topological polar surface area (TPSA) is 59.1 Å². The van der Waals surface area contributed by atoms with E-state index in [1.165, 1.54) is 0 Å². The number of hydrogen-bond acceptors (Lipinski definition) is 4. The van der Waals surface area contributed by atoms with Crippen LogP contribution in [0, 0.1) is 0 Å². The summed E-state index contributed by atoms with van der Waals surface area (Å²) in [6, 6.07) is 7.45. The fourth-order valence-corrected chi connectivity index (χ4v) is 2.83. The van der Waals surface area contributed by atoms with E-state index in [9.17, 15) is 9.59 Å². The van der Waals surface area contributed by atoms with Crippen molar-refractivity contribution < 1.29 is 19.1 Å². The summed E-state index contributed by atoms with van der Waals surface area (Å²) in [5.74, 6) is -0.0356. The van der Waals surface area contributed by atoms with Crippen molar-refractivity contribution >= 4 is 23.4 Å². The van der Waals surface area contributed by atoms with E-state index in [0.717, 1.165) is 24.2 Å². The minimum Gasteiger partial charge on any atom is -0.441 e. The van der Waals surface area contributed by atoms with Gasteiger partial charge < -0.3 is 14.4 Å². The van der Waals surface area contributed by atoms with Crippen molar-refractivity contribution in [1.29, 1.82) is 0 Å². The van der Waals surface area contributed by atoms with E-state index < -0.39 is 0 Å². The number of amides is 2. The van der Waals surface area contributed by atoms with Crippen molar-refractivity contribution in [3.8, 4) is 0 Å². The van der Waals surface area contributed by atoms with E-state index in [-0.39, 0.29) is 24.2 Å². The van der Waals surface area contributed by atoms with Gasteiger partial charge >= 0.3 is 6.09 Å². The Kier molecular flexibility index (Phi) is 2.68. The number of nitrogens with zero attached hydrogens (tertiary/aromatic N) is 2. The predicted molar refractivity (Wildman–Crippen MR) is 75.4 cm³/mol. The van der Waals surface area contributed by atoms with Crippen molar-refractivity contribution in [2.45, 2.75) is 18.4 Å². The average Bonchev–Trinajstić information content (AvgIpc) is 3.16. The largest absolute Gasteiger partial charge is 0.441 e. The zero-order valence-corrected chi connectivity index (χ0v) is 11.6. The molecule has 1 aromatic carbocycles. The highest BCUT2D eigenvalue weighted by Crippen LogP contribution is 2.45. The lowest BCUT2D eigenvalue weighted by Gasteiger charge is -2.27. The van der Waals surface area contributed by atoms with Gasteiger partial charge in [0.1, 0.15) is 12.2 Å². The molecule has 1 saturated carbocycles. The third kappa shape index (κ3) is 2.15. The molecule has 0 atom stereocenters. The van der Waals surface area contributed by atoms with Crippen LogP contribution in [0.1, 0.15) is 12.8 Å². The molecule has 3 aliphatic rings. The molecule has 2 heterocycles.